The summed E-state index contributed by atoms with van der Waals surface area (Å²) in [6, 6.07) is 7.31. The first-order chi connectivity index (χ1) is 11.0. The SMILES string of the molecule is CCN(CC(=O)NC(C)C)C(=O)c1ccc(-n2ccnc2)cc1. The largest absolute Gasteiger partial charge is 0.352 e. The fourth-order valence-electron chi connectivity index (χ4n) is 2.24. The topological polar surface area (TPSA) is 67.2 Å². The van der Waals surface area contributed by atoms with E-state index < -0.39 is 0 Å². The summed E-state index contributed by atoms with van der Waals surface area (Å²) in [5, 5.41) is 2.80. The van der Waals surface area contributed by atoms with Crippen LogP contribution in [0.4, 0.5) is 0 Å². The van der Waals surface area contributed by atoms with Gasteiger partial charge in [0, 0.05) is 36.2 Å². The molecule has 2 aromatic rings. The van der Waals surface area contributed by atoms with Gasteiger partial charge < -0.3 is 14.8 Å². The molecule has 0 atom stereocenters. The monoisotopic (exact) mass is 314 g/mol. The number of nitrogens with one attached hydrogen (secondary N) is 1. The van der Waals surface area contributed by atoms with E-state index >= 15 is 0 Å². The summed E-state index contributed by atoms with van der Waals surface area (Å²) in [7, 11) is 0. The molecular weight excluding hydrogens is 292 g/mol. The molecule has 0 fully saturated rings. The van der Waals surface area contributed by atoms with Crippen LogP contribution in [0.15, 0.2) is 43.0 Å². The molecule has 6 heteroatoms. The van der Waals surface area contributed by atoms with Crippen molar-refractivity contribution in [3.8, 4) is 5.69 Å². The van der Waals surface area contributed by atoms with E-state index in [9.17, 15) is 9.59 Å². The van der Waals surface area contributed by atoms with Gasteiger partial charge in [0.25, 0.3) is 5.91 Å². The minimum atomic E-state index is -0.149. The molecule has 1 N–H and O–H groups in total. The Hall–Kier alpha value is -2.63. The molecule has 0 aliphatic rings. The van der Waals surface area contributed by atoms with Gasteiger partial charge in [0.2, 0.25) is 5.91 Å². The number of nitrogens with zero attached hydrogens (tertiary/aromatic N) is 3. The summed E-state index contributed by atoms with van der Waals surface area (Å²) in [4.78, 5) is 29.9. The van der Waals surface area contributed by atoms with E-state index in [0.29, 0.717) is 12.1 Å². The highest BCUT2D eigenvalue weighted by Gasteiger charge is 2.17. The minimum absolute atomic E-state index is 0.0609. The van der Waals surface area contributed by atoms with Crippen molar-refractivity contribution < 1.29 is 9.59 Å². The van der Waals surface area contributed by atoms with E-state index in [1.807, 2.05) is 43.7 Å². The summed E-state index contributed by atoms with van der Waals surface area (Å²) >= 11 is 0. The Morgan fingerprint density at radius 3 is 2.48 bits per heavy atom. The predicted molar refractivity (Wildman–Crippen MR) is 88.4 cm³/mol. The maximum absolute atomic E-state index is 12.5. The van der Waals surface area contributed by atoms with E-state index in [1.165, 1.54) is 4.90 Å². The third-order valence-electron chi connectivity index (χ3n) is 3.37. The van der Waals surface area contributed by atoms with Crippen LogP contribution >= 0.6 is 0 Å². The molecule has 122 valence electrons. The average molecular weight is 314 g/mol. The van der Waals surface area contributed by atoms with Crippen LogP contribution in [-0.4, -0.2) is 45.4 Å². The highest BCUT2D eigenvalue weighted by molar-refractivity contribution is 5.96. The van der Waals surface area contributed by atoms with Crippen molar-refractivity contribution in [1.29, 1.82) is 0 Å². The molecule has 0 unspecified atom stereocenters. The standard InChI is InChI=1S/C17H22N4O2/c1-4-20(11-16(22)19-13(2)3)17(23)14-5-7-15(8-6-14)21-10-9-18-12-21/h5-10,12-13H,4,11H2,1-3H3,(H,19,22). The Kier molecular flexibility index (Phi) is 5.51. The Labute approximate surface area is 136 Å². The molecule has 1 heterocycles. The number of amides is 2. The van der Waals surface area contributed by atoms with Gasteiger partial charge in [-0.25, -0.2) is 4.98 Å². The van der Waals surface area contributed by atoms with Gasteiger partial charge in [-0.3, -0.25) is 9.59 Å². The number of hydrogen-bond acceptors (Lipinski definition) is 3. The molecule has 2 amide bonds. The number of rotatable bonds is 6. The van der Waals surface area contributed by atoms with Crippen LogP contribution in [0, 0.1) is 0 Å². The third kappa shape index (κ3) is 4.42. The summed E-state index contributed by atoms with van der Waals surface area (Å²) in [5.74, 6) is -0.297. The molecule has 1 aromatic heterocycles. The number of hydrogen-bond donors (Lipinski definition) is 1. The summed E-state index contributed by atoms with van der Waals surface area (Å²) in [6.45, 7) is 6.19. The van der Waals surface area contributed by atoms with Crippen molar-refractivity contribution in [3.63, 3.8) is 0 Å². The van der Waals surface area contributed by atoms with Crippen LogP contribution in [0.3, 0.4) is 0 Å². The third-order valence-corrected chi connectivity index (χ3v) is 3.37. The molecule has 0 saturated heterocycles. The molecule has 23 heavy (non-hydrogen) atoms. The Bertz CT molecular complexity index is 648. The van der Waals surface area contributed by atoms with Crippen molar-refractivity contribution in [2.75, 3.05) is 13.1 Å². The van der Waals surface area contributed by atoms with Gasteiger partial charge in [-0.1, -0.05) is 0 Å². The molecule has 0 saturated carbocycles. The lowest BCUT2D eigenvalue weighted by atomic mass is 10.1. The van der Waals surface area contributed by atoms with Gasteiger partial charge in [0.15, 0.2) is 0 Å². The number of likely N-dealkylation sites (N-methyl/N-ethyl adjacent to an activating group) is 1. The van der Waals surface area contributed by atoms with Gasteiger partial charge >= 0.3 is 0 Å². The van der Waals surface area contributed by atoms with Crippen LogP contribution in [0.2, 0.25) is 0 Å². The molecule has 0 aliphatic heterocycles. The first-order valence-corrected chi connectivity index (χ1v) is 7.68. The van der Waals surface area contributed by atoms with Crippen LogP contribution < -0.4 is 5.32 Å². The highest BCUT2D eigenvalue weighted by Crippen LogP contribution is 2.11. The number of carbonyl (C=O) groups is 2. The lowest BCUT2D eigenvalue weighted by molar-refractivity contribution is -0.122. The predicted octanol–water partition coefficient (Wildman–Crippen LogP) is 1.86. The van der Waals surface area contributed by atoms with Crippen LogP contribution in [0.25, 0.3) is 5.69 Å². The van der Waals surface area contributed by atoms with E-state index in [2.05, 4.69) is 10.3 Å². The fraction of sp³-hybridized carbons (Fsp3) is 0.353. The summed E-state index contributed by atoms with van der Waals surface area (Å²) in [5.41, 5.74) is 1.49. The Morgan fingerprint density at radius 1 is 1.26 bits per heavy atom. The normalized spacial score (nSPS) is 10.6. The van der Waals surface area contributed by atoms with Gasteiger partial charge in [0.05, 0.1) is 12.9 Å². The summed E-state index contributed by atoms with van der Waals surface area (Å²) in [6.07, 6.45) is 5.24. The zero-order chi connectivity index (χ0) is 16.8. The van der Waals surface area contributed by atoms with Crippen LogP contribution in [0.5, 0.6) is 0 Å². The van der Waals surface area contributed by atoms with Crippen molar-refractivity contribution in [2.24, 2.45) is 0 Å². The number of benzene rings is 1. The molecular formula is C17H22N4O2. The van der Waals surface area contributed by atoms with Gasteiger partial charge in [-0.05, 0) is 45.0 Å². The molecule has 6 nitrogen and oxygen atoms in total. The lowest BCUT2D eigenvalue weighted by Gasteiger charge is -2.21. The quantitative estimate of drug-likeness (QED) is 0.885. The first kappa shape index (κ1) is 16.7. The van der Waals surface area contributed by atoms with Crippen LogP contribution in [-0.2, 0) is 4.79 Å². The smallest absolute Gasteiger partial charge is 0.254 e. The number of carbonyl (C=O) groups excluding carboxylic acids is 2. The molecule has 1 aromatic carbocycles. The molecule has 0 spiro atoms. The van der Waals surface area contributed by atoms with Gasteiger partial charge in [-0.15, -0.1) is 0 Å². The zero-order valence-electron chi connectivity index (χ0n) is 13.7. The Morgan fingerprint density at radius 2 is 1.96 bits per heavy atom. The van der Waals surface area contributed by atoms with Crippen molar-refractivity contribution in [3.05, 3.63) is 48.5 Å². The lowest BCUT2D eigenvalue weighted by Crippen LogP contribution is -2.42. The van der Waals surface area contributed by atoms with E-state index in [0.717, 1.165) is 5.69 Å². The van der Waals surface area contributed by atoms with Crippen molar-refractivity contribution in [2.45, 2.75) is 26.8 Å². The van der Waals surface area contributed by atoms with Crippen LogP contribution in [0.1, 0.15) is 31.1 Å². The second kappa shape index (κ2) is 7.58. The first-order valence-electron chi connectivity index (χ1n) is 7.68. The molecule has 0 radical (unpaired) electrons. The van der Waals surface area contributed by atoms with E-state index in [-0.39, 0.29) is 24.4 Å². The van der Waals surface area contributed by atoms with Crippen molar-refractivity contribution >= 4 is 11.8 Å². The molecule has 2 rings (SSSR count). The second-order valence-corrected chi connectivity index (χ2v) is 5.56. The number of aromatic nitrogens is 2. The molecule has 0 bridgehead atoms. The van der Waals surface area contributed by atoms with E-state index in [4.69, 9.17) is 0 Å². The van der Waals surface area contributed by atoms with Gasteiger partial charge in [-0.2, -0.15) is 0 Å². The second-order valence-electron chi connectivity index (χ2n) is 5.56. The zero-order valence-corrected chi connectivity index (χ0v) is 13.7. The maximum Gasteiger partial charge on any atom is 0.254 e. The highest BCUT2D eigenvalue weighted by atomic mass is 16.2. The van der Waals surface area contributed by atoms with Crippen molar-refractivity contribution in [1.82, 2.24) is 19.8 Å². The Balaban J connectivity index is 2.07. The maximum atomic E-state index is 12.5. The average Bonchev–Trinajstić information content (AvgIpc) is 3.06. The minimum Gasteiger partial charge on any atom is -0.352 e. The van der Waals surface area contributed by atoms with E-state index in [1.54, 1.807) is 24.7 Å². The summed E-state index contributed by atoms with van der Waals surface area (Å²) < 4.78 is 1.86. The fourth-order valence-corrected chi connectivity index (χ4v) is 2.24. The van der Waals surface area contributed by atoms with Gasteiger partial charge in [0.1, 0.15) is 0 Å². The molecule has 0 aliphatic carbocycles. The number of imidazole rings is 1.